The molecule has 0 aliphatic heterocycles. The number of aromatic nitrogens is 1. The first-order valence-corrected chi connectivity index (χ1v) is 10.1. The van der Waals surface area contributed by atoms with Crippen molar-refractivity contribution in [2.24, 2.45) is 0 Å². The molecule has 3 rings (SSSR count). The molecule has 1 heterocycles. The molecule has 3 aromatic rings. The molecule has 0 saturated heterocycles. The first-order chi connectivity index (χ1) is 13.7. The van der Waals surface area contributed by atoms with Crippen LogP contribution in [-0.2, 0) is 12.8 Å². The van der Waals surface area contributed by atoms with Gasteiger partial charge in [-0.1, -0.05) is 42.5 Å². The van der Waals surface area contributed by atoms with Crippen LogP contribution in [0.25, 0.3) is 11.1 Å². The van der Waals surface area contributed by atoms with Crippen molar-refractivity contribution in [1.82, 2.24) is 10.3 Å². The maximum atomic E-state index is 6.10. The van der Waals surface area contributed by atoms with Crippen molar-refractivity contribution in [3.63, 3.8) is 0 Å². The summed E-state index contributed by atoms with van der Waals surface area (Å²) in [5.41, 5.74) is 5.12. The van der Waals surface area contributed by atoms with Gasteiger partial charge in [0, 0.05) is 12.4 Å². The molecule has 3 nitrogen and oxygen atoms in total. The van der Waals surface area contributed by atoms with E-state index in [1.165, 1.54) is 22.3 Å². The van der Waals surface area contributed by atoms with E-state index in [1.807, 2.05) is 25.5 Å². The van der Waals surface area contributed by atoms with Gasteiger partial charge in [-0.2, -0.15) is 0 Å². The molecule has 146 valence electrons. The van der Waals surface area contributed by atoms with E-state index in [9.17, 15) is 0 Å². The SMILES string of the molecule is CNCCc1cccc(-c2ccc(O[C@@H](C)CCCc3cccnc3)cc2)c1. The van der Waals surface area contributed by atoms with Gasteiger partial charge < -0.3 is 10.1 Å². The number of hydrogen-bond donors (Lipinski definition) is 1. The minimum absolute atomic E-state index is 0.201. The van der Waals surface area contributed by atoms with Gasteiger partial charge in [-0.3, -0.25) is 4.98 Å². The maximum absolute atomic E-state index is 6.10. The number of pyridine rings is 1. The molecule has 2 aromatic carbocycles. The highest BCUT2D eigenvalue weighted by molar-refractivity contribution is 5.64. The number of rotatable bonds is 10. The fourth-order valence-corrected chi connectivity index (χ4v) is 3.33. The van der Waals surface area contributed by atoms with Gasteiger partial charge in [0.25, 0.3) is 0 Å². The average Bonchev–Trinajstić information content (AvgIpc) is 2.74. The summed E-state index contributed by atoms with van der Waals surface area (Å²) in [6.45, 7) is 3.14. The van der Waals surface area contributed by atoms with E-state index in [2.05, 4.69) is 71.8 Å². The fraction of sp³-hybridized carbons (Fsp3) is 0.320. The Labute approximate surface area is 168 Å². The normalized spacial score (nSPS) is 11.9. The van der Waals surface area contributed by atoms with Crippen LogP contribution in [0.1, 0.15) is 30.9 Å². The molecular weight excluding hydrogens is 344 g/mol. The van der Waals surface area contributed by atoms with Crippen molar-refractivity contribution >= 4 is 0 Å². The smallest absolute Gasteiger partial charge is 0.119 e. The van der Waals surface area contributed by atoms with Gasteiger partial charge in [-0.05, 0) is 86.7 Å². The highest BCUT2D eigenvalue weighted by atomic mass is 16.5. The maximum Gasteiger partial charge on any atom is 0.119 e. The lowest BCUT2D eigenvalue weighted by molar-refractivity contribution is 0.208. The number of ether oxygens (including phenoxy) is 1. The number of nitrogens with zero attached hydrogens (tertiary/aromatic N) is 1. The van der Waals surface area contributed by atoms with E-state index in [-0.39, 0.29) is 6.10 Å². The number of hydrogen-bond acceptors (Lipinski definition) is 3. The number of likely N-dealkylation sites (N-methyl/N-ethyl adjacent to an activating group) is 1. The van der Waals surface area contributed by atoms with E-state index >= 15 is 0 Å². The third-order valence-electron chi connectivity index (χ3n) is 4.91. The van der Waals surface area contributed by atoms with Crippen LogP contribution in [0.15, 0.2) is 73.1 Å². The molecule has 1 N–H and O–H groups in total. The Morgan fingerprint density at radius 1 is 0.929 bits per heavy atom. The van der Waals surface area contributed by atoms with Crippen molar-refractivity contribution in [3.8, 4) is 16.9 Å². The van der Waals surface area contributed by atoms with Crippen LogP contribution in [0.5, 0.6) is 5.75 Å². The standard InChI is InChI=1S/C25H30N2O/c1-20(6-3-8-22-9-5-16-27-19-22)28-25-13-11-23(12-14-25)24-10-4-7-21(18-24)15-17-26-2/h4-5,7,9-14,16,18-20,26H,3,6,8,15,17H2,1-2H3/t20-/m0/s1. The molecule has 28 heavy (non-hydrogen) atoms. The summed E-state index contributed by atoms with van der Waals surface area (Å²) < 4.78 is 6.10. The Morgan fingerprint density at radius 3 is 2.50 bits per heavy atom. The van der Waals surface area contributed by atoms with Crippen LogP contribution in [-0.4, -0.2) is 24.7 Å². The van der Waals surface area contributed by atoms with Crippen LogP contribution in [0.4, 0.5) is 0 Å². The van der Waals surface area contributed by atoms with E-state index < -0.39 is 0 Å². The molecule has 0 radical (unpaired) electrons. The molecule has 0 unspecified atom stereocenters. The van der Waals surface area contributed by atoms with Gasteiger partial charge in [0.15, 0.2) is 0 Å². The average molecular weight is 375 g/mol. The summed E-state index contributed by atoms with van der Waals surface area (Å²) in [4.78, 5) is 4.17. The second-order valence-electron chi connectivity index (χ2n) is 7.26. The first kappa shape index (κ1) is 20.1. The second-order valence-corrected chi connectivity index (χ2v) is 7.26. The van der Waals surface area contributed by atoms with E-state index in [4.69, 9.17) is 4.74 Å². The molecule has 0 aliphatic carbocycles. The van der Waals surface area contributed by atoms with E-state index in [1.54, 1.807) is 0 Å². The monoisotopic (exact) mass is 374 g/mol. The lowest BCUT2D eigenvalue weighted by Crippen LogP contribution is -2.11. The summed E-state index contributed by atoms with van der Waals surface area (Å²) in [7, 11) is 1.99. The summed E-state index contributed by atoms with van der Waals surface area (Å²) in [6.07, 6.45) is 8.18. The van der Waals surface area contributed by atoms with Gasteiger partial charge in [-0.25, -0.2) is 0 Å². The van der Waals surface area contributed by atoms with Crippen LogP contribution in [0.3, 0.4) is 0 Å². The van der Waals surface area contributed by atoms with Gasteiger partial charge >= 0.3 is 0 Å². The Morgan fingerprint density at radius 2 is 1.75 bits per heavy atom. The van der Waals surface area contributed by atoms with Crippen molar-refractivity contribution in [2.75, 3.05) is 13.6 Å². The Kier molecular flexibility index (Phi) is 7.62. The summed E-state index contributed by atoms with van der Waals surface area (Å²) in [6, 6.07) is 21.3. The van der Waals surface area contributed by atoms with Crippen LogP contribution in [0.2, 0.25) is 0 Å². The Hall–Kier alpha value is -2.65. The van der Waals surface area contributed by atoms with E-state index in [0.29, 0.717) is 0 Å². The largest absolute Gasteiger partial charge is 0.491 e. The molecule has 0 fully saturated rings. The molecule has 0 spiro atoms. The third-order valence-corrected chi connectivity index (χ3v) is 4.91. The topological polar surface area (TPSA) is 34.1 Å². The molecule has 1 atom stereocenters. The third kappa shape index (κ3) is 6.21. The molecule has 3 heteroatoms. The Balaban J connectivity index is 1.51. The second kappa shape index (κ2) is 10.6. The van der Waals surface area contributed by atoms with Crippen LogP contribution in [0, 0.1) is 0 Å². The van der Waals surface area contributed by atoms with Crippen LogP contribution >= 0.6 is 0 Å². The van der Waals surface area contributed by atoms with Gasteiger partial charge in [-0.15, -0.1) is 0 Å². The van der Waals surface area contributed by atoms with Gasteiger partial charge in [0.2, 0.25) is 0 Å². The quantitative estimate of drug-likeness (QED) is 0.523. The summed E-state index contributed by atoms with van der Waals surface area (Å²) >= 11 is 0. The Bertz CT molecular complexity index is 831. The zero-order chi connectivity index (χ0) is 19.6. The van der Waals surface area contributed by atoms with Crippen LogP contribution < -0.4 is 10.1 Å². The zero-order valence-electron chi connectivity index (χ0n) is 16.9. The van der Waals surface area contributed by atoms with Gasteiger partial charge in [0.1, 0.15) is 5.75 Å². The fourth-order valence-electron chi connectivity index (χ4n) is 3.33. The number of aryl methyl sites for hydroxylation is 1. The minimum atomic E-state index is 0.201. The van der Waals surface area contributed by atoms with Crippen molar-refractivity contribution in [1.29, 1.82) is 0 Å². The lowest BCUT2D eigenvalue weighted by Gasteiger charge is -2.15. The molecule has 0 amide bonds. The molecule has 1 aromatic heterocycles. The molecule has 0 bridgehead atoms. The molecule has 0 saturated carbocycles. The highest BCUT2D eigenvalue weighted by Crippen LogP contribution is 2.24. The van der Waals surface area contributed by atoms with E-state index in [0.717, 1.165) is 38.0 Å². The molecule has 0 aliphatic rings. The predicted octanol–water partition coefficient (Wildman–Crippen LogP) is 5.30. The first-order valence-electron chi connectivity index (χ1n) is 10.1. The van der Waals surface area contributed by atoms with Crippen molar-refractivity contribution in [2.45, 2.75) is 38.7 Å². The van der Waals surface area contributed by atoms with Gasteiger partial charge in [0.05, 0.1) is 6.10 Å². The van der Waals surface area contributed by atoms with Crippen molar-refractivity contribution < 1.29 is 4.74 Å². The molecular formula is C25H30N2O. The highest BCUT2D eigenvalue weighted by Gasteiger charge is 2.06. The number of nitrogens with one attached hydrogen (secondary N) is 1. The van der Waals surface area contributed by atoms with Crippen molar-refractivity contribution in [3.05, 3.63) is 84.2 Å². The predicted molar refractivity (Wildman–Crippen MR) is 117 cm³/mol. The zero-order valence-corrected chi connectivity index (χ0v) is 16.9. The number of benzene rings is 2. The minimum Gasteiger partial charge on any atom is -0.491 e. The summed E-state index contributed by atoms with van der Waals surface area (Å²) in [5.74, 6) is 0.934. The summed E-state index contributed by atoms with van der Waals surface area (Å²) in [5, 5.41) is 3.21. The lowest BCUT2D eigenvalue weighted by atomic mass is 10.0.